The van der Waals surface area contributed by atoms with Gasteiger partial charge in [-0.15, -0.1) is 0 Å². The summed E-state index contributed by atoms with van der Waals surface area (Å²) in [6.45, 7) is 3.29. The molecular formula is C19H23BrN2. The number of hydrogen-bond acceptors (Lipinski definition) is 2. The molecule has 22 heavy (non-hydrogen) atoms. The summed E-state index contributed by atoms with van der Waals surface area (Å²) >= 11 is 3.53. The summed E-state index contributed by atoms with van der Waals surface area (Å²) in [6.07, 6.45) is 0. The predicted molar refractivity (Wildman–Crippen MR) is 96.1 cm³/mol. The van der Waals surface area contributed by atoms with E-state index in [4.69, 9.17) is 0 Å². The maximum absolute atomic E-state index is 3.53. The average molecular weight is 359 g/mol. The fourth-order valence-corrected chi connectivity index (χ4v) is 3.66. The molecule has 0 aliphatic carbocycles. The van der Waals surface area contributed by atoms with Crippen molar-refractivity contribution in [2.45, 2.75) is 18.5 Å². The highest BCUT2D eigenvalue weighted by atomic mass is 79.9. The molecule has 116 valence electrons. The fraction of sp³-hybridized carbons (Fsp3) is 0.368. The number of nitrogens with zero attached hydrogens (tertiary/aromatic N) is 2. The lowest BCUT2D eigenvalue weighted by molar-refractivity contribution is 0.260. The zero-order valence-corrected chi connectivity index (χ0v) is 14.8. The fourth-order valence-electron chi connectivity index (χ4n) is 3.40. The first kappa shape index (κ1) is 15.7. The third-order valence-corrected chi connectivity index (χ3v) is 5.10. The molecule has 0 bridgehead atoms. The van der Waals surface area contributed by atoms with Gasteiger partial charge in [-0.3, -0.25) is 4.90 Å². The van der Waals surface area contributed by atoms with Crippen LogP contribution in [0.1, 0.15) is 17.0 Å². The monoisotopic (exact) mass is 358 g/mol. The van der Waals surface area contributed by atoms with E-state index in [1.807, 2.05) is 0 Å². The Hall–Kier alpha value is -1.16. The Morgan fingerprint density at radius 3 is 2.32 bits per heavy atom. The van der Waals surface area contributed by atoms with E-state index in [1.165, 1.54) is 11.1 Å². The molecule has 2 atom stereocenters. The zero-order chi connectivity index (χ0) is 15.5. The number of halogens is 1. The number of benzene rings is 2. The van der Waals surface area contributed by atoms with Gasteiger partial charge in [-0.25, -0.2) is 0 Å². The standard InChI is InChI=1S/C19H23BrN2/c1-21(2)19-14-22(12-15-6-4-3-5-7-15)13-18(19)16-8-10-17(20)11-9-16/h3-11,18-19H,12-14H2,1-2H3/t18-,19+/m0/s1. The molecule has 0 spiro atoms. The molecule has 1 aliphatic rings. The van der Waals surface area contributed by atoms with Crippen molar-refractivity contribution < 1.29 is 0 Å². The Kier molecular flexibility index (Phi) is 4.97. The van der Waals surface area contributed by atoms with Gasteiger partial charge in [-0.2, -0.15) is 0 Å². The topological polar surface area (TPSA) is 6.48 Å². The summed E-state index contributed by atoms with van der Waals surface area (Å²) in [5.41, 5.74) is 2.84. The minimum atomic E-state index is 0.574. The van der Waals surface area contributed by atoms with Crippen molar-refractivity contribution >= 4 is 15.9 Å². The molecule has 3 rings (SSSR count). The van der Waals surface area contributed by atoms with Crippen molar-refractivity contribution in [3.8, 4) is 0 Å². The highest BCUT2D eigenvalue weighted by molar-refractivity contribution is 9.10. The molecule has 3 heteroatoms. The van der Waals surface area contributed by atoms with Crippen molar-refractivity contribution in [1.82, 2.24) is 9.80 Å². The molecular weight excluding hydrogens is 336 g/mol. The Balaban J connectivity index is 1.76. The molecule has 0 saturated carbocycles. The second-order valence-electron chi connectivity index (χ2n) is 6.37. The summed E-state index contributed by atoms with van der Waals surface area (Å²) in [7, 11) is 4.39. The Morgan fingerprint density at radius 1 is 1.00 bits per heavy atom. The van der Waals surface area contributed by atoms with Gasteiger partial charge in [0.15, 0.2) is 0 Å². The van der Waals surface area contributed by atoms with Gasteiger partial charge in [0.2, 0.25) is 0 Å². The van der Waals surface area contributed by atoms with Crippen LogP contribution >= 0.6 is 15.9 Å². The van der Waals surface area contributed by atoms with Gasteiger partial charge in [-0.1, -0.05) is 58.4 Å². The summed E-state index contributed by atoms with van der Waals surface area (Å²) in [4.78, 5) is 4.95. The van der Waals surface area contributed by atoms with Gasteiger partial charge in [0.05, 0.1) is 0 Å². The number of rotatable bonds is 4. The van der Waals surface area contributed by atoms with Gasteiger partial charge >= 0.3 is 0 Å². The summed E-state index contributed by atoms with van der Waals surface area (Å²) in [5.74, 6) is 0.576. The van der Waals surface area contributed by atoms with E-state index < -0.39 is 0 Å². The van der Waals surface area contributed by atoms with Crippen LogP contribution in [0.4, 0.5) is 0 Å². The minimum absolute atomic E-state index is 0.574. The number of likely N-dealkylation sites (N-methyl/N-ethyl adjacent to an activating group) is 1. The Labute approximate surface area is 141 Å². The Bertz CT molecular complexity index is 595. The second-order valence-corrected chi connectivity index (χ2v) is 7.28. The SMILES string of the molecule is CN(C)[C@@H]1CN(Cc2ccccc2)C[C@H]1c1ccc(Br)cc1. The smallest absolute Gasteiger partial charge is 0.0298 e. The van der Waals surface area contributed by atoms with E-state index in [0.717, 1.165) is 24.1 Å². The van der Waals surface area contributed by atoms with Gasteiger partial charge in [0.1, 0.15) is 0 Å². The van der Waals surface area contributed by atoms with Crippen LogP contribution in [0.3, 0.4) is 0 Å². The van der Waals surface area contributed by atoms with Gasteiger partial charge < -0.3 is 4.90 Å². The lowest BCUT2D eigenvalue weighted by Gasteiger charge is -2.25. The molecule has 2 nitrogen and oxygen atoms in total. The summed E-state index contributed by atoms with van der Waals surface area (Å²) in [5, 5.41) is 0. The zero-order valence-electron chi connectivity index (χ0n) is 13.2. The van der Waals surface area contributed by atoms with Crippen LogP contribution in [-0.2, 0) is 6.54 Å². The van der Waals surface area contributed by atoms with E-state index in [1.54, 1.807) is 0 Å². The molecule has 1 fully saturated rings. The first-order chi connectivity index (χ1) is 10.6. The third-order valence-electron chi connectivity index (χ3n) is 4.58. The molecule has 2 aromatic rings. The van der Waals surface area contributed by atoms with E-state index in [2.05, 4.69) is 94.4 Å². The first-order valence-corrected chi connectivity index (χ1v) is 8.61. The lowest BCUT2D eigenvalue weighted by Crippen LogP contribution is -2.34. The van der Waals surface area contributed by atoms with Crippen LogP contribution in [0.25, 0.3) is 0 Å². The maximum Gasteiger partial charge on any atom is 0.0298 e. The molecule has 1 aliphatic heterocycles. The maximum atomic E-state index is 3.53. The molecule has 0 aromatic heterocycles. The van der Waals surface area contributed by atoms with E-state index in [9.17, 15) is 0 Å². The van der Waals surface area contributed by atoms with Gasteiger partial charge in [0.25, 0.3) is 0 Å². The van der Waals surface area contributed by atoms with Crippen molar-refractivity contribution in [2.24, 2.45) is 0 Å². The molecule has 1 saturated heterocycles. The van der Waals surface area contributed by atoms with Crippen molar-refractivity contribution in [1.29, 1.82) is 0 Å². The van der Waals surface area contributed by atoms with Gasteiger partial charge in [0, 0.05) is 36.1 Å². The molecule has 2 aromatic carbocycles. The van der Waals surface area contributed by atoms with Crippen LogP contribution in [0.2, 0.25) is 0 Å². The van der Waals surface area contributed by atoms with Crippen molar-refractivity contribution in [3.63, 3.8) is 0 Å². The molecule has 0 radical (unpaired) electrons. The summed E-state index contributed by atoms with van der Waals surface area (Å²) in [6, 6.07) is 20.2. The van der Waals surface area contributed by atoms with Crippen LogP contribution in [0.5, 0.6) is 0 Å². The third kappa shape index (κ3) is 3.60. The largest absolute Gasteiger partial charge is 0.305 e. The Morgan fingerprint density at radius 2 is 1.68 bits per heavy atom. The number of hydrogen-bond donors (Lipinski definition) is 0. The normalized spacial score (nSPS) is 22.4. The van der Waals surface area contributed by atoms with E-state index in [0.29, 0.717) is 12.0 Å². The second kappa shape index (κ2) is 6.95. The quantitative estimate of drug-likeness (QED) is 0.815. The van der Waals surface area contributed by atoms with E-state index >= 15 is 0 Å². The number of likely N-dealkylation sites (tertiary alicyclic amines) is 1. The van der Waals surface area contributed by atoms with Crippen LogP contribution in [0, 0.1) is 0 Å². The lowest BCUT2D eigenvalue weighted by atomic mass is 9.94. The average Bonchev–Trinajstić information content (AvgIpc) is 2.93. The molecule has 1 heterocycles. The van der Waals surface area contributed by atoms with Crippen LogP contribution in [0.15, 0.2) is 59.1 Å². The van der Waals surface area contributed by atoms with Gasteiger partial charge in [-0.05, 0) is 37.4 Å². The molecule has 0 amide bonds. The minimum Gasteiger partial charge on any atom is -0.305 e. The van der Waals surface area contributed by atoms with Crippen LogP contribution in [-0.4, -0.2) is 43.0 Å². The summed E-state index contributed by atoms with van der Waals surface area (Å²) < 4.78 is 1.15. The van der Waals surface area contributed by atoms with E-state index in [-0.39, 0.29) is 0 Å². The molecule has 0 unspecified atom stereocenters. The highest BCUT2D eigenvalue weighted by Crippen LogP contribution is 2.31. The van der Waals surface area contributed by atoms with Crippen LogP contribution < -0.4 is 0 Å². The van der Waals surface area contributed by atoms with Crippen molar-refractivity contribution in [3.05, 3.63) is 70.2 Å². The first-order valence-electron chi connectivity index (χ1n) is 7.81. The predicted octanol–water partition coefficient (Wildman–Crippen LogP) is 3.98. The van der Waals surface area contributed by atoms with Crippen molar-refractivity contribution in [2.75, 3.05) is 27.2 Å². The molecule has 0 N–H and O–H groups in total. The highest BCUT2D eigenvalue weighted by Gasteiger charge is 2.34.